The van der Waals surface area contributed by atoms with Crippen molar-refractivity contribution in [1.29, 1.82) is 0 Å². The number of likely N-dealkylation sites (tertiary alicyclic amines) is 1. The van der Waals surface area contributed by atoms with Crippen LogP contribution in [0.2, 0.25) is 0 Å². The SMILES string of the molecule is O=C(O)CC1CCCN1C1CS(=O)(=O)CC1O. The molecular formula is C10H17NO5S. The van der Waals surface area contributed by atoms with Crippen molar-refractivity contribution in [1.82, 2.24) is 4.90 Å². The highest BCUT2D eigenvalue weighted by atomic mass is 32.2. The van der Waals surface area contributed by atoms with Gasteiger partial charge in [0.05, 0.1) is 30.1 Å². The van der Waals surface area contributed by atoms with E-state index in [1.807, 2.05) is 4.90 Å². The van der Waals surface area contributed by atoms with Crippen LogP contribution < -0.4 is 0 Å². The molecule has 2 heterocycles. The monoisotopic (exact) mass is 263 g/mol. The van der Waals surface area contributed by atoms with Gasteiger partial charge in [0.2, 0.25) is 0 Å². The van der Waals surface area contributed by atoms with Gasteiger partial charge >= 0.3 is 5.97 Å². The van der Waals surface area contributed by atoms with Crippen LogP contribution in [0.25, 0.3) is 0 Å². The van der Waals surface area contributed by atoms with Crippen LogP contribution >= 0.6 is 0 Å². The molecule has 0 amide bonds. The summed E-state index contributed by atoms with van der Waals surface area (Å²) in [5.74, 6) is -1.13. The molecule has 0 aromatic carbocycles. The molecule has 2 rings (SSSR count). The summed E-state index contributed by atoms with van der Waals surface area (Å²) in [6.45, 7) is 0.676. The molecule has 17 heavy (non-hydrogen) atoms. The van der Waals surface area contributed by atoms with Crippen molar-refractivity contribution in [3.63, 3.8) is 0 Å². The first-order valence-corrected chi connectivity index (χ1v) is 7.57. The van der Waals surface area contributed by atoms with E-state index in [0.29, 0.717) is 6.54 Å². The van der Waals surface area contributed by atoms with Crippen molar-refractivity contribution < 1.29 is 23.4 Å². The van der Waals surface area contributed by atoms with E-state index in [1.165, 1.54) is 0 Å². The molecule has 0 aromatic rings. The van der Waals surface area contributed by atoms with Crippen molar-refractivity contribution in [3.8, 4) is 0 Å². The number of aliphatic carboxylic acids is 1. The minimum absolute atomic E-state index is 0.0171. The van der Waals surface area contributed by atoms with E-state index in [0.717, 1.165) is 12.8 Å². The zero-order valence-corrected chi connectivity index (χ0v) is 10.3. The van der Waals surface area contributed by atoms with Gasteiger partial charge in [-0.25, -0.2) is 8.42 Å². The molecular weight excluding hydrogens is 246 g/mol. The average Bonchev–Trinajstić information content (AvgIpc) is 2.69. The largest absolute Gasteiger partial charge is 0.481 e. The second-order valence-electron chi connectivity index (χ2n) is 4.84. The topological polar surface area (TPSA) is 94.9 Å². The van der Waals surface area contributed by atoms with Gasteiger partial charge in [-0.05, 0) is 19.4 Å². The maximum Gasteiger partial charge on any atom is 0.304 e. The predicted octanol–water partition coefficient (Wildman–Crippen LogP) is -0.917. The van der Waals surface area contributed by atoms with E-state index < -0.39 is 28.0 Å². The molecule has 0 bridgehead atoms. The maximum absolute atomic E-state index is 11.4. The van der Waals surface area contributed by atoms with E-state index in [4.69, 9.17) is 5.11 Å². The molecule has 0 aliphatic carbocycles. The summed E-state index contributed by atoms with van der Waals surface area (Å²) in [6.07, 6.45) is 0.759. The summed E-state index contributed by atoms with van der Waals surface area (Å²) in [5, 5.41) is 18.6. The van der Waals surface area contributed by atoms with E-state index >= 15 is 0 Å². The van der Waals surface area contributed by atoms with Crippen LogP contribution in [0.3, 0.4) is 0 Å². The van der Waals surface area contributed by atoms with Crippen molar-refractivity contribution >= 4 is 15.8 Å². The fourth-order valence-corrected chi connectivity index (χ4v) is 4.66. The van der Waals surface area contributed by atoms with Crippen LogP contribution in [0.15, 0.2) is 0 Å². The molecule has 2 aliphatic rings. The average molecular weight is 263 g/mol. The summed E-state index contributed by atoms with van der Waals surface area (Å²) in [7, 11) is -3.17. The molecule has 6 nitrogen and oxygen atoms in total. The molecule has 98 valence electrons. The third-order valence-corrected chi connectivity index (χ3v) is 5.25. The van der Waals surface area contributed by atoms with Gasteiger partial charge in [0.15, 0.2) is 9.84 Å². The highest BCUT2D eigenvalue weighted by molar-refractivity contribution is 7.91. The highest BCUT2D eigenvalue weighted by Gasteiger charge is 2.43. The zero-order chi connectivity index (χ0) is 12.6. The first-order chi connectivity index (χ1) is 7.89. The van der Waals surface area contributed by atoms with Crippen LogP contribution in [0.1, 0.15) is 19.3 Å². The number of carboxylic acids is 1. The molecule has 2 aliphatic heterocycles. The number of rotatable bonds is 3. The van der Waals surface area contributed by atoms with Gasteiger partial charge in [0.25, 0.3) is 0 Å². The van der Waals surface area contributed by atoms with Crippen LogP contribution in [0, 0.1) is 0 Å². The number of carboxylic acid groups (broad SMARTS) is 1. The van der Waals surface area contributed by atoms with E-state index in [9.17, 15) is 18.3 Å². The second kappa shape index (κ2) is 4.55. The summed E-state index contributed by atoms with van der Waals surface area (Å²) < 4.78 is 22.9. The molecule has 7 heteroatoms. The highest BCUT2D eigenvalue weighted by Crippen LogP contribution is 2.28. The molecule has 2 fully saturated rings. The third kappa shape index (κ3) is 2.78. The zero-order valence-electron chi connectivity index (χ0n) is 9.45. The number of aliphatic hydroxyl groups is 1. The van der Waals surface area contributed by atoms with Crippen molar-refractivity contribution in [3.05, 3.63) is 0 Å². The van der Waals surface area contributed by atoms with Gasteiger partial charge in [-0.1, -0.05) is 0 Å². The lowest BCUT2D eigenvalue weighted by molar-refractivity contribution is -0.138. The summed E-state index contributed by atoms with van der Waals surface area (Å²) in [5.41, 5.74) is 0. The van der Waals surface area contributed by atoms with Gasteiger partial charge < -0.3 is 10.2 Å². The van der Waals surface area contributed by atoms with Crippen molar-refractivity contribution in [2.75, 3.05) is 18.1 Å². The Bertz CT molecular complexity index is 407. The lowest BCUT2D eigenvalue weighted by Gasteiger charge is -2.30. The Morgan fingerprint density at radius 1 is 1.35 bits per heavy atom. The molecule has 0 saturated carbocycles. The van der Waals surface area contributed by atoms with E-state index in [-0.39, 0.29) is 24.0 Å². The molecule has 2 N–H and O–H groups in total. The Morgan fingerprint density at radius 2 is 2.06 bits per heavy atom. The Kier molecular flexibility index (Phi) is 3.42. The minimum atomic E-state index is -3.17. The number of sulfone groups is 1. The summed E-state index contributed by atoms with van der Waals surface area (Å²) >= 11 is 0. The quantitative estimate of drug-likeness (QED) is 0.684. The number of carbonyl (C=O) groups is 1. The second-order valence-corrected chi connectivity index (χ2v) is 7.00. The lowest BCUT2D eigenvalue weighted by atomic mass is 10.1. The minimum Gasteiger partial charge on any atom is -0.481 e. The van der Waals surface area contributed by atoms with Crippen LogP contribution in [0.5, 0.6) is 0 Å². The number of hydrogen-bond acceptors (Lipinski definition) is 5. The van der Waals surface area contributed by atoms with Crippen LogP contribution in [-0.2, 0) is 14.6 Å². The van der Waals surface area contributed by atoms with Crippen LogP contribution in [0.4, 0.5) is 0 Å². The van der Waals surface area contributed by atoms with E-state index in [2.05, 4.69) is 0 Å². The van der Waals surface area contributed by atoms with Gasteiger partial charge in [-0.2, -0.15) is 0 Å². The smallest absolute Gasteiger partial charge is 0.304 e. The van der Waals surface area contributed by atoms with Gasteiger partial charge in [-0.15, -0.1) is 0 Å². The molecule has 2 saturated heterocycles. The number of nitrogens with zero attached hydrogens (tertiary/aromatic N) is 1. The molecule has 0 spiro atoms. The first-order valence-electron chi connectivity index (χ1n) is 5.75. The summed E-state index contributed by atoms with van der Waals surface area (Å²) in [4.78, 5) is 12.6. The number of hydrogen-bond donors (Lipinski definition) is 2. The predicted molar refractivity (Wildman–Crippen MR) is 60.4 cm³/mol. The van der Waals surface area contributed by atoms with Gasteiger partial charge in [0.1, 0.15) is 0 Å². The number of aliphatic hydroxyl groups excluding tert-OH is 1. The molecule has 3 atom stereocenters. The fraction of sp³-hybridized carbons (Fsp3) is 0.900. The Balaban J connectivity index is 2.09. The first kappa shape index (κ1) is 12.8. The van der Waals surface area contributed by atoms with Gasteiger partial charge in [-0.3, -0.25) is 9.69 Å². The lowest BCUT2D eigenvalue weighted by Crippen LogP contribution is -2.46. The molecule has 0 radical (unpaired) electrons. The maximum atomic E-state index is 11.4. The van der Waals surface area contributed by atoms with Gasteiger partial charge in [0, 0.05) is 6.04 Å². The standard InChI is InChI=1S/C10H17NO5S/c12-9-6-17(15,16)5-8(9)11-3-1-2-7(11)4-10(13)14/h7-9,12H,1-6H2,(H,13,14). The Morgan fingerprint density at radius 3 is 2.59 bits per heavy atom. The normalized spacial score (nSPS) is 37.4. The van der Waals surface area contributed by atoms with Crippen molar-refractivity contribution in [2.24, 2.45) is 0 Å². The Labute approximate surface area is 100 Å². The van der Waals surface area contributed by atoms with Crippen LogP contribution in [-0.4, -0.2) is 65.7 Å². The van der Waals surface area contributed by atoms with Crippen molar-refractivity contribution in [2.45, 2.75) is 37.5 Å². The molecule has 3 unspecified atom stereocenters. The molecule has 0 aromatic heterocycles. The Hall–Kier alpha value is -0.660. The summed E-state index contributed by atoms with van der Waals surface area (Å²) in [6, 6.07) is -0.563. The van der Waals surface area contributed by atoms with E-state index in [1.54, 1.807) is 0 Å². The fourth-order valence-electron chi connectivity index (χ4n) is 2.84. The third-order valence-electron chi connectivity index (χ3n) is 3.55.